The van der Waals surface area contributed by atoms with Gasteiger partial charge < -0.3 is 26.3 Å². The topological polar surface area (TPSA) is 160 Å². The number of nitrogens with two attached hydrogens (primary N) is 2. The minimum absolute atomic E-state index is 0.106. The number of esters is 2. The van der Waals surface area contributed by atoms with Crippen LogP contribution in [-0.4, -0.2) is 47.3 Å². The predicted octanol–water partition coefficient (Wildman–Crippen LogP) is 2.10. The normalized spacial score (nSPS) is 10.4. The minimum atomic E-state index is -0.650. The van der Waals surface area contributed by atoms with Gasteiger partial charge in [-0.3, -0.25) is 4.79 Å². The number of methoxy groups -OCH3 is 1. The van der Waals surface area contributed by atoms with Crippen molar-refractivity contribution >= 4 is 57.6 Å². The van der Waals surface area contributed by atoms with E-state index in [2.05, 4.69) is 15.3 Å². The fourth-order valence-corrected chi connectivity index (χ4v) is 4.21. The Kier molecular flexibility index (Phi) is 7.79. The average molecular weight is 440 g/mol. The maximum atomic E-state index is 12.3. The third-order valence-corrected chi connectivity index (χ3v) is 5.59. The number of carbonyl (C=O) groups is 3. The largest absolute Gasteiger partial charge is 0.465 e. The molecule has 0 aliphatic heterocycles. The molecule has 0 aliphatic carbocycles. The SMILES string of the molecule is CCOC(=O)c1sc(NC(=O)CCSc2nc(N)cc(N)n2)c(C(=O)OC)c1C. The molecule has 0 atom stereocenters. The molecule has 29 heavy (non-hydrogen) atoms. The van der Waals surface area contributed by atoms with E-state index < -0.39 is 11.9 Å². The molecular weight excluding hydrogens is 418 g/mol. The summed E-state index contributed by atoms with van der Waals surface area (Å²) >= 11 is 2.19. The highest BCUT2D eigenvalue weighted by Gasteiger charge is 2.26. The molecule has 2 aromatic heterocycles. The molecule has 0 aliphatic rings. The summed E-state index contributed by atoms with van der Waals surface area (Å²) in [5.41, 5.74) is 11.7. The molecule has 5 N–H and O–H groups in total. The van der Waals surface area contributed by atoms with Crippen LogP contribution >= 0.6 is 23.1 Å². The summed E-state index contributed by atoms with van der Waals surface area (Å²) in [7, 11) is 1.23. The number of thioether (sulfide) groups is 1. The van der Waals surface area contributed by atoms with Gasteiger partial charge in [0.25, 0.3) is 0 Å². The Morgan fingerprint density at radius 1 is 1.21 bits per heavy atom. The number of hydrogen-bond donors (Lipinski definition) is 3. The quantitative estimate of drug-likeness (QED) is 0.316. The van der Waals surface area contributed by atoms with Crippen LogP contribution in [0.1, 0.15) is 38.9 Å². The fraction of sp³-hybridized carbons (Fsp3) is 0.353. The van der Waals surface area contributed by atoms with Crippen LogP contribution in [0.5, 0.6) is 0 Å². The Balaban J connectivity index is 2.09. The lowest BCUT2D eigenvalue weighted by Crippen LogP contribution is -2.14. The zero-order valence-electron chi connectivity index (χ0n) is 16.1. The Hall–Kier alpha value is -2.86. The second-order valence-electron chi connectivity index (χ2n) is 5.62. The second-order valence-corrected chi connectivity index (χ2v) is 7.70. The molecule has 2 rings (SSSR count). The van der Waals surface area contributed by atoms with Gasteiger partial charge in [0, 0.05) is 18.2 Å². The van der Waals surface area contributed by atoms with Gasteiger partial charge in [-0.15, -0.1) is 11.3 Å². The highest BCUT2D eigenvalue weighted by atomic mass is 32.2. The van der Waals surface area contributed by atoms with E-state index >= 15 is 0 Å². The van der Waals surface area contributed by atoms with Gasteiger partial charge in [-0.05, 0) is 19.4 Å². The van der Waals surface area contributed by atoms with Crippen molar-refractivity contribution < 1.29 is 23.9 Å². The molecule has 2 heterocycles. The number of amides is 1. The lowest BCUT2D eigenvalue weighted by molar-refractivity contribution is -0.115. The first-order valence-electron chi connectivity index (χ1n) is 8.48. The van der Waals surface area contributed by atoms with Crippen LogP contribution in [0.2, 0.25) is 0 Å². The number of rotatable bonds is 8. The maximum absolute atomic E-state index is 12.3. The van der Waals surface area contributed by atoms with Crippen molar-refractivity contribution in [3.63, 3.8) is 0 Å². The summed E-state index contributed by atoms with van der Waals surface area (Å²) in [4.78, 5) is 44.8. The number of thiophene rings is 1. The first-order valence-corrected chi connectivity index (χ1v) is 10.3. The third kappa shape index (κ3) is 5.81. The van der Waals surface area contributed by atoms with E-state index in [0.717, 1.165) is 11.3 Å². The lowest BCUT2D eigenvalue weighted by atomic mass is 10.1. The standard InChI is InChI=1S/C17H21N5O5S2/c1-4-27-16(25)13-8(2)12(15(24)26-3)14(29-13)22-11(23)5-6-28-17-20-9(18)7-10(19)21-17/h7H,4-6H2,1-3H3,(H,22,23)(H4,18,19,20,21). The van der Waals surface area contributed by atoms with Crippen LogP contribution in [-0.2, 0) is 14.3 Å². The first kappa shape index (κ1) is 22.4. The number of nitrogens with zero attached hydrogens (tertiary/aromatic N) is 2. The molecular formula is C17H21N5O5S2. The van der Waals surface area contributed by atoms with E-state index in [4.69, 9.17) is 20.9 Å². The molecule has 0 saturated carbocycles. The number of anilines is 3. The monoisotopic (exact) mass is 439 g/mol. The van der Waals surface area contributed by atoms with E-state index in [1.54, 1.807) is 13.8 Å². The zero-order chi connectivity index (χ0) is 21.6. The van der Waals surface area contributed by atoms with E-state index in [9.17, 15) is 14.4 Å². The van der Waals surface area contributed by atoms with Gasteiger partial charge in [0.15, 0.2) is 5.16 Å². The van der Waals surface area contributed by atoms with Crippen molar-refractivity contribution in [1.82, 2.24) is 9.97 Å². The summed E-state index contributed by atoms with van der Waals surface area (Å²) < 4.78 is 9.77. The van der Waals surface area contributed by atoms with E-state index in [0.29, 0.717) is 16.5 Å². The summed E-state index contributed by atoms with van der Waals surface area (Å²) in [6.45, 7) is 3.47. The van der Waals surface area contributed by atoms with Crippen LogP contribution in [0.15, 0.2) is 11.2 Å². The molecule has 0 radical (unpaired) electrons. The average Bonchev–Trinajstić information content (AvgIpc) is 2.96. The Morgan fingerprint density at radius 3 is 2.45 bits per heavy atom. The van der Waals surface area contributed by atoms with E-state index in [1.165, 1.54) is 24.9 Å². The third-order valence-electron chi connectivity index (χ3n) is 3.56. The van der Waals surface area contributed by atoms with Crippen LogP contribution < -0.4 is 16.8 Å². The summed E-state index contributed by atoms with van der Waals surface area (Å²) in [5.74, 6) is -0.718. The van der Waals surface area contributed by atoms with Crippen molar-refractivity contribution in [2.75, 3.05) is 36.3 Å². The number of hydrogen-bond acceptors (Lipinski definition) is 11. The number of nitrogen functional groups attached to an aromatic ring is 2. The van der Waals surface area contributed by atoms with Crippen molar-refractivity contribution in [3.8, 4) is 0 Å². The van der Waals surface area contributed by atoms with Gasteiger partial charge in [0.1, 0.15) is 21.5 Å². The van der Waals surface area contributed by atoms with Crippen LogP contribution in [0.4, 0.5) is 16.6 Å². The van der Waals surface area contributed by atoms with Crippen molar-refractivity contribution in [1.29, 1.82) is 0 Å². The van der Waals surface area contributed by atoms with Gasteiger partial charge in [-0.2, -0.15) is 0 Å². The van der Waals surface area contributed by atoms with Crippen molar-refractivity contribution in [2.24, 2.45) is 0 Å². The Morgan fingerprint density at radius 2 is 1.86 bits per heavy atom. The molecule has 0 aromatic carbocycles. The van der Waals surface area contributed by atoms with Gasteiger partial charge in [-0.1, -0.05) is 11.8 Å². The van der Waals surface area contributed by atoms with Crippen LogP contribution in [0.3, 0.4) is 0 Å². The molecule has 0 saturated heterocycles. The number of carbonyl (C=O) groups excluding carboxylic acids is 3. The van der Waals surface area contributed by atoms with E-state index in [-0.39, 0.29) is 46.0 Å². The molecule has 0 fully saturated rings. The molecule has 2 aromatic rings. The predicted molar refractivity (Wildman–Crippen MR) is 111 cm³/mol. The van der Waals surface area contributed by atoms with Gasteiger partial charge in [0.2, 0.25) is 5.91 Å². The highest BCUT2D eigenvalue weighted by Crippen LogP contribution is 2.34. The highest BCUT2D eigenvalue weighted by molar-refractivity contribution is 7.99. The minimum Gasteiger partial charge on any atom is -0.465 e. The molecule has 12 heteroatoms. The summed E-state index contributed by atoms with van der Waals surface area (Å²) in [6, 6.07) is 1.44. The number of nitrogens with one attached hydrogen (secondary N) is 1. The number of aromatic nitrogens is 2. The van der Waals surface area contributed by atoms with Gasteiger partial charge in [-0.25, -0.2) is 19.6 Å². The Bertz CT molecular complexity index is 911. The van der Waals surface area contributed by atoms with Gasteiger partial charge >= 0.3 is 11.9 Å². The van der Waals surface area contributed by atoms with Gasteiger partial charge in [0.05, 0.1) is 19.3 Å². The number of ether oxygens (including phenoxy) is 2. The van der Waals surface area contributed by atoms with E-state index in [1.807, 2.05) is 0 Å². The molecule has 156 valence electrons. The van der Waals surface area contributed by atoms with Crippen LogP contribution in [0, 0.1) is 6.92 Å². The van der Waals surface area contributed by atoms with Crippen LogP contribution in [0.25, 0.3) is 0 Å². The first-order chi connectivity index (χ1) is 13.8. The fourth-order valence-electron chi connectivity index (χ4n) is 2.29. The smallest absolute Gasteiger partial charge is 0.348 e. The molecule has 0 spiro atoms. The lowest BCUT2D eigenvalue weighted by Gasteiger charge is -2.06. The maximum Gasteiger partial charge on any atom is 0.348 e. The Labute approximate surface area is 175 Å². The molecule has 1 amide bonds. The summed E-state index contributed by atoms with van der Waals surface area (Å²) in [6.07, 6.45) is 0.106. The van der Waals surface area contributed by atoms with Crippen molar-refractivity contribution in [2.45, 2.75) is 25.4 Å². The summed E-state index contributed by atoms with van der Waals surface area (Å²) in [5, 5.41) is 3.26. The second kappa shape index (κ2) is 10.1. The molecule has 10 nitrogen and oxygen atoms in total. The van der Waals surface area contributed by atoms with Crippen molar-refractivity contribution in [3.05, 3.63) is 22.1 Å². The molecule has 0 bridgehead atoms. The molecule has 0 unspecified atom stereocenters. The zero-order valence-corrected chi connectivity index (χ0v) is 17.7.